The maximum atomic E-state index is 11.4. The summed E-state index contributed by atoms with van der Waals surface area (Å²) in [6.07, 6.45) is 0.692. The van der Waals surface area contributed by atoms with Crippen molar-refractivity contribution in [3.63, 3.8) is 0 Å². The number of aliphatic hydroxyl groups is 1. The molecule has 0 bridgehead atoms. The molecule has 5 nitrogen and oxygen atoms in total. The maximum Gasteiger partial charge on any atom is 0.339 e. The molecular weight excluding hydrogens is 260 g/mol. The van der Waals surface area contributed by atoms with Gasteiger partial charge in [-0.05, 0) is 24.6 Å². The fraction of sp³-hybridized carbons (Fsp3) is 0.533. The first-order valence-electron chi connectivity index (χ1n) is 6.89. The second-order valence-electron chi connectivity index (χ2n) is 4.65. The molecule has 1 fully saturated rings. The van der Waals surface area contributed by atoms with Crippen molar-refractivity contribution in [2.24, 2.45) is 0 Å². The van der Waals surface area contributed by atoms with Gasteiger partial charge in [-0.1, -0.05) is 12.1 Å². The van der Waals surface area contributed by atoms with E-state index >= 15 is 0 Å². The van der Waals surface area contributed by atoms with Gasteiger partial charge >= 0.3 is 5.97 Å². The van der Waals surface area contributed by atoms with E-state index in [0.29, 0.717) is 5.56 Å². The predicted octanol–water partition coefficient (Wildman–Crippen LogP) is 1.84. The van der Waals surface area contributed by atoms with E-state index in [4.69, 9.17) is 14.2 Å². The Labute approximate surface area is 118 Å². The molecular formula is C15H20O5. The van der Waals surface area contributed by atoms with Gasteiger partial charge in [0.15, 0.2) is 6.10 Å². The number of esters is 1. The first kappa shape index (κ1) is 14.8. The molecule has 0 spiro atoms. The molecule has 1 atom stereocenters. The van der Waals surface area contributed by atoms with Gasteiger partial charge in [0, 0.05) is 12.8 Å². The highest BCUT2D eigenvalue weighted by Crippen LogP contribution is 2.21. The van der Waals surface area contributed by atoms with Gasteiger partial charge in [0.25, 0.3) is 0 Å². The summed E-state index contributed by atoms with van der Waals surface area (Å²) in [4.78, 5) is 11.4. The molecule has 0 saturated carbocycles. The van der Waals surface area contributed by atoms with Crippen LogP contribution in [-0.2, 0) is 14.3 Å². The van der Waals surface area contributed by atoms with Crippen LogP contribution in [0.1, 0.15) is 31.4 Å². The molecule has 1 saturated heterocycles. The van der Waals surface area contributed by atoms with Crippen LogP contribution in [0.5, 0.6) is 5.75 Å². The second-order valence-corrected chi connectivity index (χ2v) is 4.65. The van der Waals surface area contributed by atoms with E-state index in [0.717, 1.165) is 31.8 Å². The molecule has 1 unspecified atom stereocenters. The van der Waals surface area contributed by atoms with Crippen LogP contribution < -0.4 is 4.74 Å². The van der Waals surface area contributed by atoms with E-state index in [1.807, 2.05) is 0 Å². The Balaban J connectivity index is 1.93. The predicted molar refractivity (Wildman–Crippen MR) is 72.5 cm³/mol. The number of aliphatic hydroxyl groups excluding tert-OH is 1. The van der Waals surface area contributed by atoms with Crippen LogP contribution in [0.15, 0.2) is 24.3 Å². The molecule has 1 N–H and O–H groups in total. The quantitative estimate of drug-likeness (QED) is 0.834. The summed E-state index contributed by atoms with van der Waals surface area (Å²) in [5, 5.41) is 9.80. The first-order chi connectivity index (χ1) is 9.70. The Morgan fingerprint density at radius 1 is 1.35 bits per heavy atom. The van der Waals surface area contributed by atoms with E-state index in [1.165, 1.54) is 0 Å². The number of ether oxygens (including phenoxy) is 3. The summed E-state index contributed by atoms with van der Waals surface area (Å²) in [7, 11) is 0. The highest BCUT2D eigenvalue weighted by molar-refractivity contribution is 5.76. The molecule has 0 aliphatic carbocycles. The van der Waals surface area contributed by atoms with Crippen LogP contribution in [0, 0.1) is 0 Å². The van der Waals surface area contributed by atoms with E-state index in [9.17, 15) is 9.90 Å². The van der Waals surface area contributed by atoms with Gasteiger partial charge in [0.1, 0.15) is 11.9 Å². The zero-order chi connectivity index (χ0) is 14.4. The van der Waals surface area contributed by atoms with Crippen LogP contribution in [0.3, 0.4) is 0 Å². The lowest BCUT2D eigenvalue weighted by Gasteiger charge is -2.23. The summed E-state index contributed by atoms with van der Waals surface area (Å²) in [5.41, 5.74) is 0.503. The normalized spacial score (nSPS) is 17.5. The minimum absolute atomic E-state index is 0.171. The lowest BCUT2D eigenvalue weighted by molar-refractivity contribution is -0.153. The standard InChI is InChI=1S/C15H20O5/c1-2-19-15(17)14(16)11-3-5-12(6-4-11)20-13-7-9-18-10-8-13/h3-6,13-14,16H,2,7-10H2,1H3. The number of carbonyl (C=O) groups excluding carboxylic acids is 1. The summed E-state index contributed by atoms with van der Waals surface area (Å²) in [5.74, 6) is 0.0994. The highest BCUT2D eigenvalue weighted by Gasteiger charge is 2.19. The third kappa shape index (κ3) is 3.95. The van der Waals surface area contributed by atoms with Crippen molar-refractivity contribution < 1.29 is 24.1 Å². The van der Waals surface area contributed by atoms with Gasteiger partial charge in [-0.15, -0.1) is 0 Å². The zero-order valence-electron chi connectivity index (χ0n) is 11.6. The van der Waals surface area contributed by atoms with E-state index in [2.05, 4.69) is 0 Å². The van der Waals surface area contributed by atoms with Gasteiger partial charge in [0.05, 0.1) is 19.8 Å². The van der Waals surface area contributed by atoms with Crippen LogP contribution in [0.2, 0.25) is 0 Å². The van der Waals surface area contributed by atoms with Crippen molar-refractivity contribution in [1.82, 2.24) is 0 Å². The largest absolute Gasteiger partial charge is 0.490 e. The minimum Gasteiger partial charge on any atom is -0.490 e. The van der Waals surface area contributed by atoms with Crippen molar-refractivity contribution in [3.8, 4) is 5.75 Å². The first-order valence-corrected chi connectivity index (χ1v) is 6.89. The number of benzene rings is 1. The van der Waals surface area contributed by atoms with E-state index in [-0.39, 0.29) is 12.7 Å². The monoisotopic (exact) mass is 280 g/mol. The summed E-state index contributed by atoms with van der Waals surface area (Å²) < 4.78 is 15.9. The van der Waals surface area contributed by atoms with Crippen molar-refractivity contribution in [2.75, 3.05) is 19.8 Å². The van der Waals surface area contributed by atoms with E-state index < -0.39 is 12.1 Å². The zero-order valence-corrected chi connectivity index (χ0v) is 11.6. The fourth-order valence-electron chi connectivity index (χ4n) is 2.07. The Bertz CT molecular complexity index is 422. The third-order valence-corrected chi connectivity index (χ3v) is 3.18. The van der Waals surface area contributed by atoms with Crippen molar-refractivity contribution in [3.05, 3.63) is 29.8 Å². The summed E-state index contributed by atoms with van der Waals surface area (Å²) in [6, 6.07) is 6.87. The molecule has 1 aliphatic heterocycles. The Hall–Kier alpha value is -1.59. The Morgan fingerprint density at radius 3 is 2.60 bits per heavy atom. The molecule has 1 aromatic carbocycles. The molecule has 2 rings (SSSR count). The molecule has 0 aromatic heterocycles. The van der Waals surface area contributed by atoms with Crippen LogP contribution in [-0.4, -0.2) is 37.0 Å². The number of rotatable bonds is 5. The van der Waals surface area contributed by atoms with Gasteiger partial charge in [0.2, 0.25) is 0 Å². The third-order valence-electron chi connectivity index (χ3n) is 3.18. The summed E-state index contributed by atoms with van der Waals surface area (Å²) >= 11 is 0. The van der Waals surface area contributed by atoms with Crippen molar-refractivity contribution in [1.29, 1.82) is 0 Å². The number of carbonyl (C=O) groups is 1. The van der Waals surface area contributed by atoms with Crippen LogP contribution in [0.4, 0.5) is 0 Å². The molecule has 0 amide bonds. The summed E-state index contributed by atoms with van der Waals surface area (Å²) in [6.45, 7) is 3.41. The fourth-order valence-corrected chi connectivity index (χ4v) is 2.07. The average Bonchev–Trinajstić information content (AvgIpc) is 2.48. The molecule has 1 aromatic rings. The second kappa shape index (κ2) is 7.26. The van der Waals surface area contributed by atoms with Gasteiger partial charge < -0.3 is 19.3 Å². The number of hydrogen-bond acceptors (Lipinski definition) is 5. The molecule has 20 heavy (non-hydrogen) atoms. The molecule has 110 valence electrons. The van der Waals surface area contributed by atoms with Gasteiger partial charge in [-0.3, -0.25) is 0 Å². The average molecular weight is 280 g/mol. The van der Waals surface area contributed by atoms with Gasteiger partial charge in [-0.2, -0.15) is 0 Å². The lowest BCUT2D eigenvalue weighted by Crippen LogP contribution is -2.25. The van der Waals surface area contributed by atoms with E-state index in [1.54, 1.807) is 31.2 Å². The molecule has 0 radical (unpaired) electrons. The van der Waals surface area contributed by atoms with Crippen molar-refractivity contribution >= 4 is 5.97 Å². The molecule has 1 heterocycles. The number of hydrogen-bond donors (Lipinski definition) is 1. The van der Waals surface area contributed by atoms with Crippen LogP contribution in [0.25, 0.3) is 0 Å². The highest BCUT2D eigenvalue weighted by atomic mass is 16.5. The lowest BCUT2D eigenvalue weighted by atomic mass is 10.1. The Morgan fingerprint density at radius 2 is 2.00 bits per heavy atom. The maximum absolute atomic E-state index is 11.4. The smallest absolute Gasteiger partial charge is 0.339 e. The molecule has 5 heteroatoms. The topological polar surface area (TPSA) is 65.0 Å². The molecule has 1 aliphatic rings. The van der Waals surface area contributed by atoms with Crippen molar-refractivity contribution in [2.45, 2.75) is 32.0 Å². The Kier molecular flexibility index (Phi) is 5.38. The minimum atomic E-state index is -1.24. The van der Waals surface area contributed by atoms with Gasteiger partial charge in [-0.25, -0.2) is 4.79 Å². The van der Waals surface area contributed by atoms with Crippen LogP contribution >= 0.6 is 0 Å². The SMILES string of the molecule is CCOC(=O)C(O)c1ccc(OC2CCOCC2)cc1.